The van der Waals surface area contributed by atoms with E-state index in [4.69, 9.17) is 6.42 Å². The van der Waals surface area contributed by atoms with E-state index < -0.39 is 0 Å². The summed E-state index contributed by atoms with van der Waals surface area (Å²) in [6, 6.07) is 14.1. The van der Waals surface area contributed by atoms with E-state index in [0.29, 0.717) is 0 Å². The molecule has 0 N–H and O–H groups in total. The van der Waals surface area contributed by atoms with Gasteiger partial charge in [0, 0.05) is 16.7 Å². The van der Waals surface area contributed by atoms with Gasteiger partial charge in [0.2, 0.25) is 0 Å². The highest BCUT2D eigenvalue weighted by atomic mass is 14.0. The van der Waals surface area contributed by atoms with Crippen LogP contribution in [-0.2, 0) is 0 Å². The Kier molecular flexibility index (Phi) is 3.52. The monoisotopic (exact) mass is 230 g/mol. The zero-order chi connectivity index (χ0) is 13.0. The number of benzene rings is 2. The lowest BCUT2D eigenvalue weighted by atomic mass is 10.1. The zero-order valence-corrected chi connectivity index (χ0v) is 10.6. The fourth-order valence-electron chi connectivity index (χ4n) is 1.68. The number of hydrogen-bond acceptors (Lipinski definition) is 0. The third kappa shape index (κ3) is 2.82. The van der Waals surface area contributed by atoms with Gasteiger partial charge in [-0.15, -0.1) is 6.42 Å². The molecule has 2 aromatic carbocycles. The van der Waals surface area contributed by atoms with Crippen LogP contribution in [0, 0.1) is 38.0 Å². The highest BCUT2D eigenvalue weighted by Gasteiger charge is 1.95. The molecule has 18 heavy (non-hydrogen) atoms. The van der Waals surface area contributed by atoms with Gasteiger partial charge in [0.05, 0.1) is 0 Å². The summed E-state index contributed by atoms with van der Waals surface area (Å²) >= 11 is 0. The van der Waals surface area contributed by atoms with Gasteiger partial charge < -0.3 is 0 Å². The second-order valence-corrected chi connectivity index (χ2v) is 4.29. The van der Waals surface area contributed by atoms with Crippen LogP contribution in [0.15, 0.2) is 42.5 Å². The summed E-state index contributed by atoms with van der Waals surface area (Å²) < 4.78 is 0. The molecule has 0 bridgehead atoms. The van der Waals surface area contributed by atoms with E-state index in [1.54, 1.807) is 0 Å². The topological polar surface area (TPSA) is 0 Å². The van der Waals surface area contributed by atoms with Crippen LogP contribution in [0.2, 0.25) is 0 Å². The van der Waals surface area contributed by atoms with Crippen LogP contribution in [0.1, 0.15) is 27.8 Å². The first-order valence-electron chi connectivity index (χ1n) is 5.85. The van der Waals surface area contributed by atoms with Crippen molar-refractivity contribution in [1.82, 2.24) is 0 Å². The molecule has 0 heterocycles. The van der Waals surface area contributed by atoms with Gasteiger partial charge >= 0.3 is 0 Å². The average molecular weight is 230 g/mol. The van der Waals surface area contributed by atoms with Crippen LogP contribution in [0.25, 0.3) is 0 Å². The van der Waals surface area contributed by atoms with Gasteiger partial charge in [-0.25, -0.2) is 0 Å². The van der Waals surface area contributed by atoms with E-state index in [9.17, 15) is 0 Å². The predicted molar refractivity (Wildman–Crippen MR) is 76.3 cm³/mol. The van der Waals surface area contributed by atoms with Gasteiger partial charge in [0.1, 0.15) is 0 Å². The summed E-state index contributed by atoms with van der Waals surface area (Å²) in [5.74, 6) is 8.96. The summed E-state index contributed by atoms with van der Waals surface area (Å²) in [6.45, 7) is 4.07. The van der Waals surface area contributed by atoms with Crippen molar-refractivity contribution < 1.29 is 0 Å². The predicted octanol–water partition coefficient (Wildman–Crippen LogP) is 3.68. The van der Waals surface area contributed by atoms with Crippen molar-refractivity contribution in [3.05, 3.63) is 70.3 Å². The van der Waals surface area contributed by atoms with Gasteiger partial charge in [-0.3, -0.25) is 0 Å². The number of hydrogen-bond donors (Lipinski definition) is 0. The molecule has 0 fully saturated rings. The fraction of sp³-hybridized carbons (Fsp3) is 0.111. The Hall–Kier alpha value is -2.44. The van der Waals surface area contributed by atoms with E-state index in [2.05, 4.69) is 36.8 Å². The maximum Gasteiger partial charge on any atom is 0.0272 e. The van der Waals surface area contributed by atoms with Gasteiger partial charge in [-0.1, -0.05) is 35.5 Å². The molecule has 0 aliphatic carbocycles. The van der Waals surface area contributed by atoms with Crippen molar-refractivity contribution in [2.75, 3.05) is 0 Å². The van der Waals surface area contributed by atoms with Gasteiger partial charge in [-0.2, -0.15) is 0 Å². The molecule has 0 spiro atoms. The Balaban J connectivity index is 2.28. The maximum absolute atomic E-state index is 5.39. The Morgan fingerprint density at radius 3 is 2.06 bits per heavy atom. The molecule has 0 nitrogen and oxygen atoms in total. The maximum atomic E-state index is 5.39. The summed E-state index contributed by atoms with van der Waals surface area (Å²) in [7, 11) is 0. The number of terminal acetylenes is 1. The van der Waals surface area contributed by atoms with Crippen molar-refractivity contribution in [3.8, 4) is 24.2 Å². The Labute approximate surface area is 109 Å². The molecule has 2 aromatic rings. The van der Waals surface area contributed by atoms with Crippen molar-refractivity contribution in [3.63, 3.8) is 0 Å². The van der Waals surface area contributed by atoms with Crippen LogP contribution < -0.4 is 0 Å². The first kappa shape index (κ1) is 12.0. The summed E-state index contributed by atoms with van der Waals surface area (Å²) in [5, 5.41) is 0. The summed E-state index contributed by atoms with van der Waals surface area (Å²) in [5.41, 5.74) is 5.28. The molecule has 0 heteroatoms. The fourth-order valence-corrected chi connectivity index (χ4v) is 1.68. The number of aryl methyl sites for hydroxylation is 2. The van der Waals surface area contributed by atoms with Crippen molar-refractivity contribution in [2.24, 2.45) is 0 Å². The van der Waals surface area contributed by atoms with Gasteiger partial charge in [-0.05, 0) is 49.7 Å². The van der Waals surface area contributed by atoms with Crippen molar-refractivity contribution in [1.29, 1.82) is 0 Å². The lowest BCUT2D eigenvalue weighted by molar-refractivity contribution is 1.42. The van der Waals surface area contributed by atoms with E-state index in [1.165, 1.54) is 5.56 Å². The van der Waals surface area contributed by atoms with Gasteiger partial charge in [0.25, 0.3) is 0 Å². The highest BCUT2D eigenvalue weighted by molar-refractivity contribution is 5.48. The number of rotatable bonds is 0. The molecule has 0 unspecified atom stereocenters. The molecule has 0 aliphatic heterocycles. The molecule has 0 amide bonds. The van der Waals surface area contributed by atoms with E-state index >= 15 is 0 Å². The molecule has 0 radical (unpaired) electrons. The molecular weight excluding hydrogens is 216 g/mol. The minimum absolute atomic E-state index is 0.927. The normalized spacial score (nSPS) is 9.17. The van der Waals surface area contributed by atoms with Gasteiger partial charge in [0.15, 0.2) is 0 Å². The van der Waals surface area contributed by atoms with Crippen LogP contribution in [0.3, 0.4) is 0 Å². The second kappa shape index (κ2) is 5.26. The smallest absolute Gasteiger partial charge is 0.0272 e. The van der Waals surface area contributed by atoms with Crippen LogP contribution in [-0.4, -0.2) is 0 Å². The van der Waals surface area contributed by atoms with E-state index in [1.807, 2.05) is 37.3 Å². The largest absolute Gasteiger partial charge is 0.115 e. The first-order chi connectivity index (χ1) is 8.69. The van der Waals surface area contributed by atoms with Crippen molar-refractivity contribution in [2.45, 2.75) is 13.8 Å². The Morgan fingerprint density at radius 1 is 0.833 bits per heavy atom. The SMILES string of the molecule is C#Cc1ccc(C#Cc2ccc(C)cc2)cc1C. The molecule has 0 saturated carbocycles. The van der Waals surface area contributed by atoms with E-state index in [0.717, 1.165) is 22.3 Å². The highest BCUT2D eigenvalue weighted by Crippen LogP contribution is 2.09. The lowest BCUT2D eigenvalue weighted by Gasteiger charge is -1.98. The van der Waals surface area contributed by atoms with E-state index in [-0.39, 0.29) is 0 Å². The third-order valence-corrected chi connectivity index (χ3v) is 2.78. The molecule has 0 aliphatic rings. The van der Waals surface area contributed by atoms with Crippen LogP contribution in [0.5, 0.6) is 0 Å². The molecular formula is C18H14. The molecule has 2 rings (SSSR count). The quantitative estimate of drug-likeness (QED) is 0.606. The molecule has 0 aromatic heterocycles. The van der Waals surface area contributed by atoms with Crippen LogP contribution in [0.4, 0.5) is 0 Å². The van der Waals surface area contributed by atoms with Crippen LogP contribution >= 0.6 is 0 Å². The Morgan fingerprint density at radius 2 is 1.44 bits per heavy atom. The minimum Gasteiger partial charge on any atom is -0.115 e. The molecule has 0 atom stereocenters. The second-order valence-electron chi connectivity index (χ2n) is 4.29. The first-order valence-corrected chi connectivity index (χ1v) is 5.85. The standard InChI is InChI=1S/C18H14/c1-4-18-12-11-17(13-15(18)3)10-9-16-7-5-14(2)6-8-16/h1,5-8,11-13H,2-3H3. The average Bonchev–Trinajstić information content (AvgIpc) is 2.38. The van der Waals surface area contributed by atoms with Crippen molar-refractivity contribution >= 4 is 0 Å². The third-order valence-electron chi connectivity index (χ3n) is 2.78. The lowest BCUT2D eigenvalue weighted by Crippen LogP contribution is -1.84. The Bertz CT molecular complexity index is 656. The molecule has 0 saturated heterocycles. The summed E-state index contributed by atoms with van der Waals surface area (Å²) in [6.07, 6.45) is 5.39. The minimum atomic E-state index is 0.927. The summed E-state index contributed by atoms with van der Waals surface area (Å²) in [4.78, 5) is 0. The zero-order valence-electron chi connectivity index (χ0n) is 10.6. The molecule has 86 valence electrons.